The van der Waals surface area contributed by atoms with Gasteiger partial charge in [-0.05, 0) is 12.0 Å². The second-order valence-corrected chi connectivity index (χ2v) is 3.16. The molecule has 0 aromatic heterocycles. The first-order chi connectivity index (χ1) is 6.24. The first-order valence-corrected chi connectivity index (χ1v) is 4.65. The van der Waals surface area contributed by atoms with Gasteiger partial charge in [0, 0.05) is 0 Å². The zero-order chi connectivity index (χ0) is 9.68. The summed E-state index contributed by atoms with van der Waals surface area (Å²) in [5, 5.41) is 0. The summed E-state index contributed by atoms with van der Waals surface area (Å²) in [7, 11) is 0. The van der Waals surface area contributed by atoms with Gasteiger partial charge in [-0.25, -0.2) is 0 Å². The van der Waals surface area contributed by atoms with Gasteiger partial charge in [-0.2, -0.15) is 0 Å². The van der Waals surface area contributed by atoms with Crippen LogP contribution in [0.5, 0.6) is 0 Å². The van der Waals surface area contributed by atoms with Crippen LogP contribution in [0.1, 0.15) is 5.56 Å². The maximum atomic E-state index is 11.1. The minimum Gasteiger partial charge on any atom is -0.321 e. The first-order valence-electron chi connectivity index (χ1n) is 4.12. The van der Waals surface area contributed by atoms with Crippen LogP contribution in [-0.4, -0.2) is 17.7 Å². The molecule has 1 aromatic rings. The van der Waals surface area contributed by atoms with E-state index in [1.165, 1.54) is 0 Å². The zero-order valence-corrected chi connectivity index (χ0v) is 9.22. The fraction of sp³-hybridized carbons (Fsp3) is 0.300. The number of hydrogen-bond acceptors (Lipinski definition) is 2. The fourth-order valence-electron chi connectivity index (χ4n) is 1.08. The van der Waals surface area contributed by atoms with E-state index in [1.807, 2.05) is 30.3 Å². The molecule has 1 rings (SSSR count). The summed E-state index contributed by atoms with van der Waals surface area (Å²) < 4.78 is 0. The summed E-state index contributed by atoms with van der Waals surface area (Å²) in [6.45, 7) is 0. The van der Waals surface area contributed by atoms with Gasteiger partial charge >= 0.3 is 0 Å². The van der Waals surface area contributed by atoms with Crippen LogP contribution >= 0.6 is 24.0 Å². The van der Waals surface area contributed by atoms with Crippen molar-refractivity contribution < 1.29 is 4.79 Å². The highest BCUT2D eigenvalue weighted by molar-refractivity contribution is 6.28. The van der Waals surface area contributed by atoms with Crippen molar-refractivity contribution in [2.24, 2.45) is 5.73 Å². The number of nitrogens with two attached hydrogens (primary N) is 1. The molecule has 0 saturated heterocycles. The Morgan fingerprint density at radius 2 is 1.93 bits per heavy atom. The summed E-state index contributed by atoms with van der Waals surface area (Å²) >= 11 is 5.38. The molecule has 0 radical (unpaired) electrons. The minimum atomic E-state index is -0.472. The molecule has 0 spiro atoms. The monoisotopic (exact) mass is 233 g/mol. The first kappa shape index (κ1) is 13.4. The molecule has 78 valence electrons. The van der Waals surface area contributed by atoms with Gasteiger partial charge in [-0.3, -0.25) is 4.79 Å². The molecule has 1 unspecified atom stereocenters. The fourth-order valence-corrected chi connectivity index (χ4v) is 1.28. The molecule has 4 heteroatoms. The Kier molecular flexibility index (Phi) is 6.54. The number of carbonyl (C=O) groups is 1. The van der Waals surface area contributed by atoms with Crippen LogP contribution in [0.15, 0.2) is 30.3 Å². The van der Waals surface area contributed by atoms with E-state index in [2.05, 4.69) is 0 Å². The van der Waals surface area contributed by atoms with Crippen molar-refractivity contribution in [2.75, 3.05) is 5.88 Å². The van der Waals surface area contributed by atoms with E-state index < -0.39 is 6.04 Å². The highest BCUT2D eigenvalue weighted by atomic mass is 35.5. The van der Waals surface area contributed by atoms with Crippen LogP contribution in [0.25, 0.3) is 0 Å². The number of alkyl halides is 1. The Hall–Kier alpha value is -0.570. The van der Waals surface area contributed by atoms with Crippen LogP contribution < -0.4 is 5.73 Å². The van der Waals surface area contributed by atoms with E-state index in [4.69, 9.17) is 17.3 Å². The van der Waals surface area contributed by atoms with Crippen LogP contribution in [0.3, 0.4) is 0 Å². The predicted molar refractivity (Wildman–Crippen MR) is 61.1 cm³/mol. The van der Waals surface area contributed by atoms with E-state index in [-0.39, 0.29) is 24.1 Å². The average Bonchev–Trinajstić information content (AvgIpc) is 2.18. The SMILES string of the molecule is Cl.NC(Cc1ccccc1)C(=O)CCl. The second-order valence-electron chi connectivity index (χ2n) is 2.90. The highest BCUT2D eigenvalue weighted by Gasteiger charge is 2.11. The summed E-state index contributed by atoms with van der Waals surface area (Å²) in [6, 6.07) is 9.20. The summed E-state index contributed by atoms with van der Waals surface area (Å²) in [5.41, 5.74) is 6.69. The van der Waals surface area contributed by atoms with Gasteiger partial charge in [0.2, 0.25) is 0 Å². The van der Waals surface area contributed by atoms with E-state index in [0.717, 1.165) is 5.56 Å². The molecule has 0 aliphatic heterocycles. The van der Waals surface area contributed by atoms with Crippen molar-refractivity contribution in [1.29, 1.82) is 0 Å². The third-order valence-electron chi connectivity index (χ3n) is 1.84. The van der Waals surface area contributed by atoms with E-state index in [9.17, 15) is 4.79 Å². The van der Waals surface area contributed by atoms with E-state index in [1.54, 1.807) is 0 Å². The molecule has 2 nitrogen and oxygen atoms in total. The van der Waals surface area contributed by atoms with Crippen molar-refractivity contribution in [1.82, 2.24) is 0 Å². The Morgan fingerprint density at radius 1 is 1.36 bits per heavy atom. The Balaban J connectivity index is 0.00000169. The standard InChI is InChI=1S/C10H12ClNO.ClH/c11-7-10(13)9(12)6-8-4-2-1-3-5-8;/h1-5,9H,6-7,12H2;1H. The molecule has 0 fully saturated rings. The normalized spacial score (nSPS) is 11.6. The molecular weight excluding hydrogens is 221 g/mol. The van der Waals surface area contributed by atoms with Crippen LogP contribution in [0.4, 0.5) is 0 Å². The smallest absolute Gasteiger partial charge is 0.164 e. The van der Waals surface area contributed by atoms with Gasteiger partial charge in [0.1, 0.15) is 0 Å². The second kappa shape index (κ2) is 6.82. The van der Waals surface area contributed by atoms with Crippen LogP contribution in [0, 0.1) is 0 Å². The van der Waals surface area contributed by atoms with E-state index in [0.29, 0.717) is 6.42 Å². The Bertz CT molecular complexity index is 277. The molecule has 0 saturated carbocycles. The zero-order valence-electron chi connectivity index (χ0n) is 7.65. The number of rotatable bonds is 4. The largest absolute Gasteiger partial charge is 0.321 e. The molecule has 0 bridgehead atoms. The molecule has 1 aromatic carbocycles. The molecule has 0 aliphatic rings. The van der Waals surface area contributed by atoms with Crippen molar-refractivity contribution in [3.63, 3.8) is 0 Å². The van der Waals surface area contributed by atoms with Crippen molar-refractivity contribution in [3.05, 3.63) is 35.9 Å². The molecule has 0 heterocycles. The van der Waals surface area contributed by atoms with Gasteiger partial charge in [-0.1, -0.05) is 30.3 Å². The Morgan fingerprint density at radius 3 is 2.43 bits per heavy atom. The maximum Gasteiger partial charge on any atom is 0.164 e. The molecule has 0 aliphatic carbocycles. The lowest BCUT2D eigenvalue weighted by Crippen LogP contribution is -2.33. The van der Waals surface area contributed by atoms with Crippen molar-refractivity contribution in [2.45, 2.75) is 12.5 Å². The third kappa shape index (κ3) is 4.09. The molecule has 2 N–H and O–H groups in total. The summed E-state index contributed by atoms with van der Waals surface area (Å²) in [6.07, 6.45) is 0.562. The lowest BCUT2D eigenvalue weighted by molar-refractivity contribution is -0.117. The molecular formula is C10H13Cl2NO. The van der Waals surface area contributed by atoms with Gasteiger partial charge < -0.3 is 5.73 Å². The summed E-state index contributed by atoms with van der Waals surface area (Å²) in [4.78, 5) is 11.1. The van der Waals surface area contributed by atoms with Gasteiger partial charge in [0.15, 0.2) is 5.78 Å². The Labute approximate surface area is 94.8 Å². The van der Waals surface area contributed by atoms with Gasteiger partial charge in [-0.15, -0.1) is 24.0 Å². The van der Waals surface area contributed by atoms with Crippen molar-refractivity contribution in [3.8, 4) is 0 Å². The lowest BCUT2D eigenvalue weighted by Gasteiger charge is -2.07. The topological polar surface area (TPSA) is 43.1 Å². The quantitative estimate of drug-likeness (QED) is 0.807. The molecule has 14 heavy (non-hydrogen) atoms. The lowest BCUT2D eigenvalue weighted by atomic mass is 10.0. The van der Waals surface area contributed by atoms with Crippen molar-refractivity contribution >= 4 is 29.8 Å². The number of halogens is 2. The summed E-state index contributed by atoms with van der Waals surface area (Å²) in [5.74, 6) is -0.112. The maximum absolute atomic E-state index is 11.1. The van der Waals surface area contributed by atoms with E-state index >= 15 is 0 Å². The number of ketones is 1. The molecule has 1 atom stereocenters. The van der Waals surface area contributed by atoms with Crippen LogP contribution in [0.2, 0.25) is 0 Å². The average molecular weight is 234 g/mol. The third-order valence-corrected chi connectivity index (χ3v) is 2.11. The number of benzene rings is 1. The number of hydrogen-bond donors (Lipinski definition) is 1. The number of Topliss-reactive ketones (excluding diaryl/α,β-unsaturated/α-hetero) is 1. The number of carbonyl (C=O) groups excluding carboxylic acids is 1. The van der Waals surface area contributed by atoms with Gasteiger partial charge in [0.05, 0.1) is 11.9 Å². The van der Waals surface area contributed by atoms with Crippen LogP contribution in [-0.2, 0) is 11.2 Å². The van der Waals surface area contributed by atoms with Gasteiger partial charge in [0.25, 0.3) is 0 Å². The molecule has 0 amide bonds. The predicted octanol–water partition coefficient (Wildman–Crippen LogP) is 1.79. The highest BCUT2D eigenvalue weighted by Crippen LogP contribution is 2.02. The minimum absolute atomic E-state index is 0.